The van der Waals surface area contributed by atoms with E-state index in [9.17, 15) is 14.7 Å². The first-order valence-electron chi connectivity index (χ1n) is 10.9. The van der Waals surface area contributed by atoms with E-state index < -0.39 is 0 Å². The number of carbonyl (C=O) groups is 1. The Kier molecular flexibility index (Phi) is 7.21. The summed E-state index contributed by atoms with van der Waals surface area (Å²) in [4.78, 5) is 24.8. The number of phenolic OH excluding ortho intramolecular Hbond substituents is 1. The molecule has 35 heavy (non-hydrogen) atoms. The Balaban J connectivity index is 1.39. The predicted molar refractivity (Wildman–Crippen MR) is 131 cm³/mol. The highest BCUT2D eigenvalue weighted by Crippen LogP contribution is 2.31. The third kappa shape index (κ3) is 5.55. The third-order valence-corrected chi connectivity index (χ3v) is 5.40. The Morgan fingerprint density at radius 3 is 2.49 bits per heavy atom. The quantitative estimate of drug-likeness (QED) is 0.378. The summed E-state index contributed by atoms with van der Waals surface area (Å²) in [7, 11) is 3.14. The third-order valence-electron chi connectivity index (χ3n) is 5.40. The first kappa shape index (κ1) is 23.7. The minimum atomic E-state index is -0.373. The second-order valence-electron chi connectivity index (χ2n) is 7.73. The zero-order valence-electron chi connectivity index (χ0n) is 19.4. The topological polar surface area (TPSA) is 107 Å². The molecule has 8 nitrogen and oxygen atoms in total. The number of methoxy groups -OCH3 is 2. The summed E-state index contributed by atoms with van der Waals surface area (Å²) >= 11 is 0. The molecule has 0 radical (unpaired) electrons. The van der Waals surface area contributed by atoms with Crippen molar-refractivity contribution < 1.29 is 28.5 Å². The van der Waals surface area contributed by atoms with Crippen LogP contribution in [0.3, 0.4) is 0 Å². The summed E-state index contributed by atoms with van der Waals surface area (Å²) in [6.45, 7) is 0.134. The summed E-state index contributed by atoms with van der Waals surface area (Å²) in [5.41, 5.74) is 1.50. The maximum absolute atomic E-state index is 12.5. The number of hydrogen-bond donors (Lipinski definition) is 2. The average molecular weight is 475 g/mol. The van der Waals surface area contributed by atoms with Crippen LogP contribution in [-0.2, 0) is 11.2 Å². The minimum Gasteiger partial charge on any atom is -0.507 e. The fourth-order valence-corrected chi connectivity index (χ4v) is 3.65. The van der Waals surface area contributed by atoms with E-state index in [0.29, 0.717) is 30.2 Å². The molecule has 0 saturated heterocycles. The monoisotopic (exact) mass is 475 g/mol. The number of nitrogens with one attached hydrogen (secondary N) is 1. The molecule has 0 spiro atoms. The van der Waals surface area contributed by atoms with Crippen LogP contribution in [0.25, 0.3) is 22.3 Å². The standard InChI is InChI=1S/C27H25NO7/c1-32-22-9-8-17(12-24(22)33-2)10-11-28-26(31)16-34-19-13-20(29)27-21(30)15-23(35-25(27)14-19)18-6-4-3-5-7-18/h3-9,12-15,29H,10-11,16H2,1-2H3,(H,28,31). The van der Waals surface area contributed by atoms with Crippen LogP contribution in [0, 0.1) is 0 Å². The van der Waals surface area contributed by atoms with Crippen molar-refractivity contribution in [1.82, 2.24) is 5.32 Å². The van der Waals surface area contributed by atoms with Crippen molar-refractivity contribution in [2.45, 2.75) is 6.42 Å². The van der Waals surface area contributed by atoms with Gasteiger partial charge >= 0.3 is 0 Å². The van der Waals surface area contributed by atoms with Crippen molar-refractivity contribution in [2.75, 3.05) is 27.4 Å². The fourth-order valence-electron chi connectivity index (χ4n) is 3.65. The molecule has 0 aliphatic heterocycles. The summed E-state index contributed by atoms with van der Waals surface area (Å²) in [5.74, 6) is 1.23. The molecule has 1 amide bonds. The molecule has 180 valence electrons. The van der Waals surface area contributed by atoms with Crippen molar-refractivity contribution in [3.05, 3.63) is 82.5 Å². The highest BCUT2D eigenvalue weighted by Gasteiger charge is 2.14. The van der Waals surface area contributed by atoms with E-state index in [1.807, 2.05) is 48.5 Å². The number of ether oxygens (including phenoxy) is 3. The molecule has 1 heterocycles. The molecule has 2 N–H and O–H groups in total. The summed E-state index contributed by atoms with van der Waals surface area (Å²) in [5, 5.41) is 13.2. The Morgan fingerprint density at radius 2 is 1.74 bits per heavy atom. The molecule has 8 heteroatoms. The molecule has 3 aromatic carbocycles. The van der Waals surface area contributed by atoms with Gasteiger partial charge in [-0.25, -0.2) is 0 Å². The van der Waals surface area contributed by atoms with Gasteiger partial charge in [0.2, 0.25) is 0 Å². The van der Waals surface area contributed by atoms with Crippen molar-refractivity contribution in [2.24, 2.45) is 0 Å². The molecule has 0 fully saturated rings. The number of fused-ring (bicyclic) bond motifs is 1. The van der Waals surface area contributed by atoms with Gasteiger partial charge in [-0.1, -0.05) is 36.4 Å². The van der Waals surface area contributed by atoms with E-state index in [-0.39, 0.29) is 40.4 Å². The highest BCUT2D eigenvalue weighted by molar-refractivity contribution is 5.86. The maximum atomic E-state index is 12.5. The van der Waals surface area contributed by atoms with E-state index in [2.05, 4.69) is 5.32 Å². The van der Waals surface area contributed by atoms with Gasteiger partial charge in [-0.2, -0.15) is 0 Å². The molecule has 0 aliphatic rings. The molecule has 0 saturated carbocycles. The Bertz CT molecular complexity index is 1400. The molecular formula is C27H25NO7. The SMILES string of the molecule is COc1ccc(CCNC(=O)COc2cc(O)c3c(=O)cc(-c4ccccc4)oc3c2)cc1OC. The van der Waals surface area contributed by atoms with Crippen molar-refractivity contribution in [1.29, 1.82) is 0 Å². The lowest BCUT2D eigenvalue weighted by Crippen LogP contribution is -2.30. The normalized spacial score (nSPS) is 10.7. The minimum absolute atomic E-state index is 0.0522. The summed E-state index contributed by atoms with van der Waals surface area (Å²) in [6, 6.07) is 18.8. The molecule has 0 aliphatic carbocycles. The van der Waals surface area contributed by atoms with E-state index in [1.54, 1.807) is 14.2 Å². The number of amides is 1. The largest absolute Gasteiger partial charge is 0.507 e. The van der Waals surface area contributed by atoms with Gasteiger partial charge < -0.3 is 29.1 Å². The van der Waals surface area contributed by atoms with E-state index in [0.717, 1.165) is 11.1 Å². The van der Waals surface area contributed by atoms with Gasteiger partial charge in [0.15, 0.2) is 23.5 Å². The van der Waals surface area contributed by atoms with Crippen molar-refractivity contribution in [3.8, 4) is 34.3 Å². The van der Waals surface area contributed by atoms with Crippen LogP contribution in [-0.4, -0.2) is 38.4 Å². The lowest BCUT2D eigenvalue weighted by atomic mass is 10.1. The van der Waals surface area contributed by atoms with Crippen LogP contribution in [0.1, 0.15) is 5.56 Å². The zero-order chi connectivity index (χ0) is 24.8. The van der Waals surface area contributed by atoms with Crippen LogP contribution in [0.5, 0.6) is 23.0 Å². The van der Waals surface area contributed by atoms with Crippen LogP contribution in [0.2, 0.25) is 0 Å². The Labute approximate surface area is 201 Å². The second-order valence-corrected chi connectivity index (χ2v) is 7.73. The van der Waals surface area contributed by atoms with Crippen LogP contribution < -0.4 is 25.0 Å². The van der Waals surface area contributed by atoms with E-state index in [1.165, 1.54) is 18.2 Å². The number of aromatic hydroxyl groups is 1. The second kappa shape index (κ2) is 10.6. The van der Waals surface area contributed by atoms with Gasteiger partial charge in [-0.3, -0.25) is 9.59 Å². The number of rotatable bonds is 9. The number of carbonyl (C=O) groups excluding carboxylic acids is 1. The van der Waals surface area contributed by atoms with Gasteiger partial charge in [0, 0.05) is 30.3 Å². The van der Waals surface area contributed by atoms with Crippen molar-refractivity contribution >= 4 is 16.9 Å². The van der Waals surface area contributed by atoms with Gasteiger partial charge in [0.25, 0.3) is 5.91 Å². The van der Waals surface area contributed by atoms with Gasteiger partial charge in [0.1, 0.15) is 28.2 Å². The predicted octanol–water partition coefficient (Wildman–Crippen LogP) is 3.92. The molecule has 0 unspecified atom stereocenters. The van der Waals surface area contributed by atoms with Gasteiger partial charge in [0.05, 0.1) is 14.2 Å². The molecule has 0 atom stereocenters. The smallest absolute Gasteiger partial charge is 0.257 e. The zero-order valence-corrected chi connectivity index (χ0v) is 19.4. The Hall–Kier alpha value is -4.46. The molecule has 1 aromatic heterocycles. The van der Waals surface area contributed by atoms with Crippen LogP contribution in [0.4, 0.5) is 0 Å². The molecular weight excluding hydrogens is 450 g/mol. The molecule has 4 rings (SSSR count). The number of phenols is 1. The Morgan fingerprint density at radius 1 is 0.971 bits per heavy atom. The van der Waals surface area contributed by atoms with Crippen LogP contribution >= 0.6 is 0 Å². The lowest BCUT2D eigenvalue weighted by molar-refractivity contribution is -0.123. The average Bonchev–Trinajstić information content (AvgIpc) is 2.87. The van der Waals surface area contributed by atoms with E-state index in [4.69, 9.17) is 18.6 Å². The highest BCUT2D eigenvalue weighted by atomic mass is 16.5. The molecule has 0 bridgehead atoms. The lowest BCUT2D eigenvalue weighted by Gasteiger charge is -2.11. The van der Waals surface area contributed by atoms with Crippen LogP contribution in [0.15, 0.2) is 75.9 Å². The summed E-state index contributed by atoms with van der Waals surface area (Å²) < 4.78 is 21.9. The van der Waals surface area contributed by atoms with E-state index >= 15 is 0 Å². The first-order valence-corrected chi connectivity index (χ1v) is 10.9. The maximum Gasteiger partial charge on any atom is 0.257 e. The van der Waals surface area contributed by atoms with Gasteiger partial charge in [-0.15, -0.1) is 0 Å². The van der Waals surface area contributed by atoms with Crippen molar-refractivity contribution in [3.63, 3.8) is 0 Å². The fraction of sp³-hybridized carbons (Fsp3) is 0.185. The summed E-state index contributed by atoms with van der Waals surface area (Å²) in [6.07, 6.45) is 0.594. The number of hydrogen-bond acceptors (Lipinski definition) is 7. The number of benzene rings is 3. The first-order chi connectivity index (χ1) is 17.0. The van der Waals surface area contributed by atoms with Gasteiger partial charge in [-0.05, 0) is 24.1 Å². The molecule has 4 aromatic rings.